The van der Waals surface area contributed by atoms with Crippen LogP contribution < -0.4 is 4.90 Å². The number of nitrogens with one attached hydrogen (secondary N) is 1. The number of halogens is 1. The molecule has 0 aromatic carbocycles. The SMILES string of the molecule is C[C@H]1CN(c2n[nH]c3cc(Cl)ncc23)C[C@H]1N(C)C. The molecule has 0 unspecified atom stereocenters. The van der Waals surface area contributed by atoms with Crippen molar-refractivity contribution in [1.29, 1.82) is 0 Å². The molecule has 1 N–H and O–H groups in total. The fourth-order valence-corrected chi connectivity index (χ4v) is 3.07. The van der Waals surface area contributed by atoms with Gasteiger partial charge in [0.25, 0.3) is 0 Å². The summed E-state index contributed by atoms with van der Waals surface area (Å²) in [5.41, 5.74) is 0.941. The summed E-state index contributed by atoms with van der Waals surface area (Å²) in [7, 11) is 4.27. The van der Waals surface area contributed by atoms with Gasteiger partial charge in [-0.15, -0.1) is 0 Å². The quantitative estimate of drug-likeness (QED) is 0.854. The van der Waals surface area contributed by atoms with Crippen LogP contribution in [-0.2, 0) is 0 Å². The predicted molar refractivity (Wildman–Crippen MR) is 77.8 cm³/mol. The van der Waals surface area contributed by atoms with E-state index in [-0.39, 0.29) is 0 Å². The summed E-state index contributed by atoms with van der Waals surface area (Å²) in [5, 5.41) is 8.99. The molecule has 3 heterocycles. The summed E-state index contributed by atoms with van der Waals surface area (Å²) in [6.07, 6.45) is 1.80. The van der Waals surface area contributed by atoms with Crippen molar-refractivity contribution in [2.45, 2.75) is 13.0 Å². The van der Waals surface area contributed by atoms with E-state index in [2.05, 4.69) is 46.0 Å². The van der Waals surface area contributed by atoms with Crippen LogP contribution in [0.5, 0.6) is 0 Å². The summed E-state index contributed by atoms with van der Waals surface area (Å²) >= 11 is 5.90. The van der Waals surface area contributed by atoms with E-state index in [0.717, 1.165) is 29.8 Å². The maximum absolute atomic E-state index is 5.90. The Balaban J connectivity index is 1.93. The van der Waals surface area contributed by atoms with Crippen LogP contribution in [-0.4, -0.2) is 53.3 Å². The van der Waals surface area contributed by atoms with Gasteiger partial charge < -0.3 is 9.80 Å². The first-order valence-corrected chi connectivity index (χ1v) is 6.85. The van der Waals surface area contributed by atoms with Crippen LogP contribution in [0.25, 0.3) is 10.9 Å². The number of pyridine rings is 1. The molecule has 102 valence electrons. The van der Waals surface area contributed by atoms with Gasteiger partial charge in [0.2, 0.25) is 0 Å². The van der Waals surface area contributed by atoms with E-state index in [0.29, 0.717) is 17.1 Å². The van der Waals surface area contributed by atoms with E-state index < -0.39 is 0 Å². The largest absolute Gasteiger partial charge is 0.353 e. The monoisotopic (exact) mass is 279 g/mol. The number of anilines is 1. The Morgan fingerprint density at radius 3 is 2.89 bits per heavy atom. The number of hydrogen-bond acceptors (Lipinski definition) is 4. The second-order valence-corrected chi connectivity index (χ2v) is 5.90. The molecular formula is C13H18ClN5. The summed E-state index contributed by atoms with van der Waals surface area (Å²) < 4.78 is 0. The highest BCUT2D eigenvalue weighted by molar-refractivity contribution is 6.30. The summed E-state index contributed by atoms with van der Waals surface area (Å²) in [4.78, 5) is 8.76. The number of hydrogen-bond donors (Lipinski definition) is 1. The third-order valence-electron chi connectivity index (χ3n) is 3.93. The first-order chi connectivity index (χ1) is 9.06. The number of aromatic amines is 1. The lowest BCUT2D eigenvalue weighted by Crippen LogP contribution is -2.34. The van der Waals surface area contributed by atoms with Crippen molar-refractivity contribution in [3.05, 3.63) is 17.4 Å². The van der Waals surface area contributed by atoms with Crippen molar-refractivity contribution in [3.8, 4) is 0 Å². The zero-order valence-corrected chi connectivity index (χ0v) is 12.1. The van der Waals surface area contributed by atoms with E-state index in [1.165, 1.54) is 0 Å². The Hall–Kier alpha value is -1.33. The maximum Gasteiger partial charge on any atom is 0.159 e. The highest BCUT2D eigenvalue weighted by Crippen LogP contribution is 2.30. The lowest BCUT2D eigenvalue weighted by atomic mass is 10.1. The topological polar surface area (TPSA) is 48.1 Å². The second kappa shape index (κ2) is 4.65. The Labute approximate surface area is 117 Å². The van der Waals surface area contributed by atoms with E-state index in [1.54, 1.807) is 6.20 Å². The number of H-pyrrole nitrogens is 1. The van der Waals surface area contributed by atoms with Gasteiger partial charge in [-0.3, -0.25) is 5.10 Å². The molecule has 1 saturated heterocycles. The number of rotatable bonds is 2. The van der Waals surface area contributed by atoms with Gasteiger partial charge in [0.1, 0.15) is 5.15 Å². The maximum atomic E-state index is 5.90. The zero-order valence-electron chi connectivity index (χ0n) is 11.4. The molecular weight excluding hydrogens is 262 g/mol. The summed E-state index contributed by atoms with van der Waals surface area (Å²) in [5.74, 6) is 1.61. The van der Waals surface area contributed by atoms with Crippen molar-refractivity contribution in [2.75, 3.05) is 32.1 Å². The predicted octanol–water partition coefficient (Wildman–Crippen LogP) is 2.00. The van der Waals surface area contributed by atoms with Crippen LogP contribution in [0.3, 0.4) is 0 Å². The van der Waals surface area contributed by atoms with Gasteiger partial charge >= 0.3 is 0 Å². The number of likely N-dealkylation sites (N-methyl/N-ethyl adjacent to an activating group) is 1. The Kier molecular flexibility index (Phi) is 3.11. The molecule has 2 atom stereocenters. The lowest BCUT2D eigenvalue weighted by molar-refractivity contribution is 0.266. The Bertz CT molecular complexity index is 594. The molecule has 0 aliphatic carbocycles. The third-order valence-corrected chi connectivity index (χ3v) is 4.14. The van der Waals surface area contributed by atoms with Crippen molar-refractivity contribution < 1.29 is 0 Å². The molecule has 1 aliphatic rings. The van der Waals surface area contributed by atoms with Crippen molar-refractivity contribution in [2.24, 2.45) is 5.92 Å². The van der Waals surface area contributed by atoms with Gasteiger partial charge in [-0.2, -0.15) is 5.10 Å². The minimum absolute atomic E-state index is 0.489. The average molecular weight is 280 g/mol. The Morgan fingerprint density at radius 1 is 1.42 bits per heavy atom. The fraction of sp³-hybridized carbons (Fsp3) is 0.538. The molecule has 19 heavy (non-hydrogen) atoms. The van der Waals surface area contributed by atoms with Crippen LogP contribution in [0.1, 0.15) is 6.92 Å². The molecule has 1 fully saturated rings. The van der Waals surface area contributed by atoms with Crippen molar-refractivity contribution >= 4 is 28.3 Å². The zero-order chi connectivity index (χ0) is 13.6. The van der Waals surface area contributed by atoms with Gasteiger partial charge in [0.05, 0.1) is 10.9 Å². The molecule has 0 bridgehead atoms. The van der Waals surface area contributed by atoms with Crippen LogP contribution in [0.2, 0.25) is 5.15 Å². The normalized spacial score (nSPS) is 23.7. The van der Waals surface area contributed by atoms with Crippen LogP contribution >= 0.6 is 11.6 Å². The minimum Gasteiger partial charge on any atom is -0.353 e. The number of aromatic nitrogens is 3. The number of nitrogens with zero attached hydrogens (tertiary/aromatic N) is 4. The average Bonchev–Trinajstić information content (AvgIpc) is 2.91. The molecule has 0 spiro atoms. The van der Waals surface area contributed by atoms with Gasteiger partial charge in [0.15, 0.2) is 5.82 Å². The van der Waals surface area contributed by atoms with Crippen LogP contribution in [0.15, 0.2) is 12.3 Å². The van der Waals surface area contributed by atoms with Crippen LogP contribution in [0.4, 0.5) is 5.82 Å². The molecule has 2 aromatic rings. The van der Waals surface area contributed by atoms with E-state index in [9.17, 15) is 0 Å². The van der Waals surface area contributed by atoms with Gasteiger partial charge in [-0.25, -0.2) is 4.98 Å². The van der Waals surface area contributed by atoms with Gasteiger partial charge in [-0.1, -0.05) is 18.5 Å². The van der Waals surface area contributed by atoms with Crippen molar-refractivity contribution in [1.82, 2.24) is 20.1 Å². The van der Waals surface area contributed by atoms with Gasteiger partial charge in [0, 0.05) is 31.4 Å². The lowest BCUT2D eigenvalue weighted by Gasteiger charge is -2.22. The number of fused-ring (bicyclic) bond motifs is 1. The first kappa shape index (κ1) is 12.7. The second-order valence-electron chi connectivity index (χ2n) is 5.51. The molecule has 0 radical (unpaired) electrons. The molecule has 5 nitrogen and oxygen atoms in total. The molecule has 3 rings (SSSR count). The van der Waals surface area contributed by atoms with E-state index in [4.69, 9.17) is 11.6 Å². The first-order valence-electron chi connectivity index (χ1n) is 6.47. The van der Waals surface area contributed by atoms with Gasteiger partial charge in [-0.05, 0) is 20.0 Å². The summed E-state index contributed by atoms with van der Waals surface area (Å²) in [6, 6.07) is 2.38. The highest BCUT2D eigenvalue weighted by atomic mass is 35.5. The molecule has 2 aromatic heterocycles. The minimum atomic E-state index is 0.489. The standard InChI is InChI=1S/C13H18ClN5/c1-8-6-19(7-11(8)18(2)3)13-9-5-15-12(14)4-10(9)16-17-13/h4-5,8,11H,6-7H2,1-3H3,(H,16,17)/t8-,11+/m0/s1. The molecule has 1 aliphatic heterocycles. The molecule has 0 amide bonds. The fourth-order valence-electron chi connectivity index (χ4n) is 2.91. The third kappa shape index (κ3) is 2.17. The molecule has 6 heteroatoms. The Morgan fingerprint density at radius 2 is 2.21 bits per heavy atom. The summed E-state index contributed by atoms with van der Waals surface area (Å²) in [6.45, 7) is 4.30. The smallest absolute Gasteiger partial charge is 0.159 e. The van der Waals surface area contributed by atoms with E-state index >= 15 is 0 Å². The highest BCUT2D eigenvalue weighted by Gasteiger charge is 2.32. The van der Waals surface area contributed by atoms with E-state index in [1.807, 2.05) is 6.07 Å². The van der Waals surface area contributed by atoms with Crippen molar-refractivity contribution in [3.63, 3.8) is 0 Å². The van der Waals surface area contributed by atoms with Crippen LogP contribution in [0, 0.1) is 5.92 Å². The molecule has 0 saturated carbocycles.